The van der Waals surface area contributed by atoms with E-state index in [4.69, 9.17) is 26.3 Å². The number of anilines is 1. The van der Waals surface area contributed by atoms with Crippen molar-refractivity contribution in [1.29, 1.82) is 0 Å². The van der Waals surface area contributed by atoms with E-state index in [9.17, 15) is 9.59 Å². The van der Waals surface area contributed by atoms with Crippen LogP contribution in [0.2, 0.25) is 5.02 Å². The highest BCUT2D eigenvalue weighted by atomic mass is 35.5. The second-order valence-electron chi connectivity index (χ2n) is 11.4. The predicted molar refractivity (Wildman–Crippen MR) is 149 cm³/mol. The van der Waals surface area contributed by atoms with Crippen LogP contribution in [0.4, 0.5) is 10.6 Å². The Morgan fingerprint density at radius 2 is 1.87 bits per heavy atom. The molecule has 2 fully saturated rings. The van der Waals surface area contributed by atoms with Crippen LogP contribution in [-0.2, 0) is 11.8 Å². The van der Waals surface area contributed by atoms with Crippen LogP contribution in [0.3, 0.4) is 0 Å². The molecule has 2 N–H and O–H groups in total. The lowest BCUT2D eigenvalue weighted by atomic mass is 9.97. The third-order valence-electron chi connectivity index (χ3n) is 7.57. The van der Waals surface area contributed by atoms with Crippen molar-refractivity contribution in [1.82, 2.24) is 24.8 Å². The van der Waals surface area contributed by atoms with E-state index in [0.29, 0.717) is 21.4 Å². The first-order chi connectivity index (χ1) is 18.1. The van der Waals surface area contributed by atoms with Gasteiger partial charge >= 0.3 is 6.09 Å². The molecule has 3 atom stereocenters. The molecule has 0 radical (unpaired) electrons. The maximum absolute atomic E-state index is 12.5. The molecule has 198 valence electrons. The molecule has 6 rings (SSSR count). The molecule has 0 spiro atoms. The maximum atomic E-state index is 12.5. The molecule has 0 aliphatic carbocycles. The van der Waals surface area contributed by atoms with Gasteiger partial charge in [0.2, 0.25) is 0 Å². The van der Waals surface area contributed by atoms with E-state index in [2.05, 4.69) is 15.2 Å². The molecule has 0 unspecified atom stereocenters. The van der Waals surface area contributed by atoms with E-state index in [1.54, 1.807) is 17.8 Å². The molecule has 2 aliphatic heterocycles. The smallest absolute Gasteiger partial charge is 0.407 e. The first kappa shape index (κ1) is 24.7. The number of hydrogen-bond donors (Lipinski definition) is 2. The highest BCUT2D eigenvalue weighted by Gasteiger charge is 2.42. The monoisotopic (exact) mass is 534 g/mol. The molecule has 4 aromatic rings. The first-order valence-electron chi connectivity index (χ1n) is 13.0. The SMILES string of the molecule is Cn1ccc2c(Cl)c(-c3c[nH]c4nc(N5[C@@H]6CC[C@H]5C[C@@H](NC(=O)OC(C)(C)C)C6)cnc34)ccc2c1=O. The van der Waals surface area contributed by atoms with Crippen molar-refractivity contribution in [3.63, 3.8) is 0 Å². The molecule has 0 saturated carbocycles. The van der Waals surface area contributed by atoms with Gasteiger partial charge in [-0.25, -0.2) is 14.8 Å². The van der Waals surface area contributed by atoms with Gasteiger partial charge in [0.1, 0.15) is 16.9 Å². The van der Waals surface area contributed by atoms with E-state index in [0.717, 1.165) is 48.1 Å². The van der Waals surface area contributed by atoms with Crippen LogP contribution in [-0.4, -0.2) is 49.3 Å². The molecule has 1 amide bonds. The highest BCUT2D eigenvalue weighted by molar-refractivity contribution is 6.38. The summed E-state index contributed by atoms with van der Waals surface area (Å²) in [7, 11) is 1.72. The molecule has 2 aliphatic rings. The van der Waals surface area contributed by atoms with Gasteiger partial charge in [0.15, 0.2) is 5.65 Å². The van der Waals surface area contributed by atoms with Crippen molar-refractivity contribution < 1.29 is 9.53 Å². The summed E-state index contributed by atoms with van der Waals surface area (Å²) in [4.78, 5) is 40.2. The molecule has 2 bridgehead atoms. The van der Waals surface area contributed by atoms with Gasteiger partial charge in [-0.05, 0) is 58.6 Å². The summed E-state index contributed by atoms with van der Waals surface area (Å²) in [5.41, 5.74) is 2.46. The summed E-state index contributed by atoms with van der Waals surface area (Å²) < 4.78 is 7.00. The number of carbonyl (C=O) groups is 1. The number of H-pyrrole nitrogens is 1. The summed E-state index contributed by atoms with van der Waals surface area (Å²) in [6, 6.07) is 6.19. The molecule has 3 aromatic heterocycles. The minimum atomic E-state index is -0.516. The fourth-order valence-corrected chi connectivity index (χ4v) is 6.28. The van der Waals surface area contributed by atoms with E-state index in [1.807, 2.05) is 51.4 Å². The van der Waals surface area contributed by atoms with Gasteiger partial charge in [0.25, 0.3) is 5.56 Å². The minimum absolute atomic E-state index is 0.0826. The van der Waals surface area contributed by atoms with Gasteiger partial charge in [-0.2, -0.15) is 0 Å². The van der Waals surface area contributed by atoms with Crippen LogP contribution < -0.4 is 15.8 Å². The zero-order valence-corrected chi connectivity index (χ0v) is 22.7. The second-order valence-corrected chi connectivity index (χ2v) is 11.7. The summed E-state index contributed by atoms with van der Waals surface area (Å²) in [6.45, 7) is 5.61. The van der Waals surface area contributed by atoms with Crippen LogP contribution in [0.15, 0.2) is 41.6 Å². The Morgan fingerprint density at radius 1 is 1.13 bits per heavy atom. The van der Waals surface area contributed by atoms with Gasteiger partial charge in [-0.1, -0.05) is 17.7 Å². The number of piperidine rings is 1. The summed E-state index contributed by atoms with van der Waals surface area (Å²) in [5, 5.41) is 4.87. The zero-order valence-electron chi connectivity index (χ0n) is 21.9. The van der Waals surface area contributed by atoms with Crippen LogP contribution >= 0.6 is 11.6 Å². The van der Waals surface area contributed by atoms with Crippen LogP contribution in [0, 0.1) is 0 Å². The van der Waals surface area contributed by atoms with Crippen molar-refractivity contribution in [3.8, 4) is 11.1 Å². The molecule has 10 heteroatoms. The predicted octanol–water partition coefficient (Wildman–Crippen LogP) is 5.15. The van der Waals surface area contributed by atoms with Crippen molar-refractivity contribution in [2.75, 3.05) is 4.90 Å². The Kier molecular flexibility index (Phi) is 5.86. The molecule has 38 heavy (non-hydrogen) atoms. The molecule has 5 heterocycles. The normalized spacial score (nSPS) is 21.3. The number of nitrogens with one attached hydrogen (secondary N) is 2. The number of aryl methyl sites for hydroxylation is 1. The molecule has 2 saturated heterocycles. The second kappa shape index (κ2) is 9.01. The Hall–Kier alpha value is -3.59. The summed E-state index contributed by atoms with van der Waals surface area (Å²) in [5.74, 6) is 0.835. The van der Waals surface area contributed by atoms with Gasteiger partial charge in [-0.3, -0.25) is 4.79 Å². The Bertz CT molecular complexity index is 1610. The average molecular weight is 535 g/mol. The van der Waals surface area contributed by atoms with Crippen molar-refractivity contribution in [2.24, 2.45) is 7.05 Å². The molecular weight excluding hydrogens is 504 g/mol. The number of nitrogens with zero attached hydrogens (tertiary/aromatic N) is 4. The van der Waals surface area contributed by atoms with Crippen LogP contribution in [0.5, 0.6) is 0 Å². The average Bonchev–Trinajstić information content (AvgIpc) is 3.38. The van der Waals surface area contributed by atoms with Crippen molar-refractivity contribution in [2.45, 2.75) is 70.2 Å². The van der Waals surface area contributed by atoms with E-state index in [1.165, 1.54) is 0 Å². The number of halogens is 1. The first-order valence-corrected chi connectivity index (χ1v) is 13.4. The minimum Gasteiger partial charge on any atom is -0.444 e. The van der Waals surface area contributed by atoms with Gasteiger partial charge in [0, 0.05) is 59.5 Å². The third-order valence-corrected chi connectivity index (χ3v) is 7.98. The number of carbonyl (C=O) groups excluding carboxylic acids is 1. The molecule has 1 aromatic carbocycles. The Labute approximate surface area is 225 Å². The van der Waals surface area contributed by atoms with E-state index < -0.39 is 5.60 Å². The quantitative estimate of drug-likeness (QED) is 0.376. The third kappa shape index (κ3) is 4.28. The summed E-state index contributed by atoms with van der Waals surface area (Å²) >= 11 is 6.78. The number of aromatic amines is 1. The standard InChI is InChI=1S/C28H31ClN6O3/c1-28(2,3)38-27(37)32-15-11-16-5-6-17(12-15)35(16)22-14-30-24-21(13-31-25(24)33-22)18-7-8-20-19(23(18)29)9-10-34(4)26(20)36/h7-10,13-17H,5-6,11-12H2,1-4H3,(H,31,33)(H,32,37)/t15-,16+,17-. The molecular formula is C28H31ClN6O3. The topological polar surface area (TPSA) is 105 Å². The number of alkyl carbamates (subject to hydrolysis) is 1. The number of rotatable bonds is 3. The fourth-order valence-electron chi connectivity index (χ4n) is 5.95. The lowest BCUT2D eigenvalue weighted by Crippen LogP contribution is -2.51. The van der Waals surface area contributed by atoms with E-state index in [-0.39, 0.29) is 29.8 Å². The summed E-state index contributed by atoms with van der Waals surface area (Å²) in [6.07, 6.45) is 8.86. The van der Waals surface area contributed by atoms with Gasteiger partial charge in [0.05, 0.1) is 11.2 Å². The number of fused-ring (bicyclic) bond motifs is 4. The maximum Gasteiger partial charge on any atom is 0.407 e. The number of aromatic nitrogens is 4. The number of hydrogen-bond acceptors (Lipinski definition) is 6. The highest BCUT2D eigenvalue weighted by Crippen LogP contribution is 2.40. The van der Waals surface area contributed by atoms with Crippen molar-refractivity contribution >= 4 is 45.4 Å². The lowest BCUT2D eigenvalue weighted by Gasteiger charge is -2.39. The zero-order chi connectivity index (χ0) is 26.8. The Balaban J connectivity index is 1.26. The van der Waals surface area contributed by atoms with Crippen LogP contribution in [0.1, 0.15) is 46.5 Å². The fraction of sp³-hybridized carbons (Fsp3) is 0.429. The van der Waals surface area contributed by atoms with Crippen molar-refractivity contribution in [3.05, 3.63) is 52.2 Å². The Morgan fingerprint density at radius 3 is 2.58 bits per heavy atom. The molecule has 9 nitrogen and oxygen atoms in total. The number of pyridine rings is 1. The number of amides is 1. The van der Waals surface area contributed by atoms with Gasteiger partial charge < -0.3 is 24.5 Å². The van der Waals surface area contributed by atoms with Crippen LogP contribution in [0.25, 0.3) is 33.1 Å². The number of ether oxygens (including phenoxy) is 1. The largest absolute Gasteiger partial charge is 0.444 e. The lowest BCUT2D eigenvalue weighted by molar-refractivity contribution is 0.0492. The van der Waals surface area contributed by atoms with E-state index >= 15 is 0 Å². The van der Waals surface area contributed by atoms with Gasteiger partial charge in [-0.15, -0.1) is 0 Å². The number of benzene rings is 1.